The van der Waals surface area contributed by atoms with E-state index in [9.17, 15) is 15.0 Å². The molecule has 1 amide bonds. The van der Waals surface area contributed by atoms with Crippen molar-refractivity contribution in [3.63, 3.8) is 0 Å². The molecule has 2 atom stereocenters. The Morgan fingerprint density at radius 1 is 1.37 bits per heavy atom. The second kappa shape index (κ2) is 7.11. The molecule has 0 saturated heterocycles. The fraction of sp³-hybridized carbons (Fsp3) is 0.500. The standard InChI is InChI=1S/C14H21NO4/c1-9-6-11(8-12(7-9)19-3)14(18)13(17)4-5-15-10(2)16/h6-8,13-14,17-18H,4-5H2,1-3H3,(H,15,16). The van der Waals surface area contributed by atoms with Gasteiger partial charge >= 0.3 is 0 Å². The Balaban J connectivity index is 2.67. The maximum absolute atomic E-state index is 10.7. The maximum Gasteiger partial charge on any atom is 0.216 e. The smallest absolute Gasteiger partial charge is 0.216 e. The number of carbonyl (C=O) groups is 1. The van der Waals surface area contributed by atoms with Gasteiger partial charge in [-0.15, -0.1) is 0 Å². The van der Waals surface area contributed by atoms with Crippen LogP contribution in [0.15, 0.2) is 18.2 Å². The number of hydrogen-bond donors (Lipinski definition) is 3. The molecule has 0 radical (unpaired) electrons. The van der Waals surface area contributed by atoms with Crippen molar-refractivity contribution in [2.45, 2.75) is 32.5 Å². The number of ether oxygens (including phenoxy) is 1. The minimum absolute atomic E-state index is 0.154. The SMILES string of the molecule is COc1cc(C)cc(C(O)C(O)CCNC(C)=O)c1. The lowest BCUT2D eigenvalue weighted by atomic mass is 10.00. The topological polar surface area (TPSA) is 78.8 Å². The third kappa shape index (κ3) is 4.89. The van der Waals surface area contributed by atoms with Crippen molar-refractivity contribution in [2.24, 2.45) is 0 Å². The Morgan fingerprint density at radius 2 is 2.05 bits per heavy atom. The third-order valence-electron chi connectivity index (χ3n) is 2.83. The molecule has 0 aliphatic heterocycles. The fourth-order valence-electron chi connectivity index (χ4n) is 1.84. The van der Waals surface area contributed by atoms with E-state index in [1.165, 1.54) is 6.92 Å². The van der Waals surface area contributed by atoms with Gasteiger partial charge in [0.2, 0.25) is 5.91 Å². The lowest BCUT2D eigenvalue weighted by Gasteiger charge is -2.19. The van der Waals surface area contributed by atoms with Gasteiger partial charge < -0.3 is 20.3 Å². The van der Waals surface area contributed by atoms with E-state index in [1.807, 2.05) is 13.0 Å². The number of nitrogens with one attached hydrogen (secondary N) is 1. The summed E-state index contributed by atoms with van der Waals surface area (Å²) in [6, 6.07) is 5.34. The van der Waals surface area contributed by atoms with Gasteiger partial charge in [-0.1, -0.05) is 6.07 Å². The normalized spacial score (nSPS) is 13.7. The molecule has 106 valence electrons. The lowest BCUT2D eigenvalue weighted by molar-refractivity contribution is -0.119. The highest BCUT2D eigenvalue weighted by Crippen LogP contribution is 2.24. The molecule has 2 unspecified atom stereocenters. The molecule has 0 bridgehead atoms. The first-order chi connectivity index (χ1) is 8.93. The van der Waals surface area contributed by atoms with Crippen molar-refractivity contribution in [2.75, 3.05) is 13.7 Å². The molecule has 0 saturated carbocycles. The van der Waals surface area contributed by atoms with Crippen LogP contribution in [0.4, 0.5) is 0 Å². The van der Waals surface area contributed by atoms with Gasteiger partial charge in [-0.25, -0.2) is 0 Å². The second-order valence-electron chi connectivity index (χ2n) is 4.57. The fourth-order valence-corrected chi connectivity index (χ4v) is 1.84. The van der Waals surface area contributed by atoms with Gasteiger partial charge in [-0.2, -0.15) is 0 Å². The number of carbonyl (C=O) groups excluding carboxylic acids is 1. The molecule has 0 aromatic heterocycles. The van der Waals surface area contributed by atoms with Gasteiger partial charge in [0.1, 0.15) is 11.9 Å². The summed E-state index contributed by atoms with van der Waals surface area (Å²) in [5, 5.41) is 22.6. The van der Waals surface area contributed by atoms with Gasteiger partial charge in [-0.05, 0) is 36.6 Å². The summed E-state index contributed by atoms with van der Waals surface area (Å²) in [6.45, 7) is 3.63. The minimum atomic E-state index is -0.998. The number of methoxy groups -OCH3 is 1. The number of benzene rings is 1. The van der Waals surface area contributed by atoms with E-state index in [2.05, 4.69) is 5.32 Å². The minimum Gasteiger partial charge on any atom is -0.497 e. The van der Waals surface area contributed by atoms with E-state index in [0.717, 1.165) is 5.56 Å². The van der Waals surface area contributed by atoms with Gasteiger partial charge in [0.15, 0.2) is 0 Å². The van der Waals surface area contributed by atoms with Crippen molar-refractivity contribution < 1.29 is 19.7 Å². The highest BCUT2D eigenvalue weighted by Gasteiger charge is 2.19. The average molecular weight is 267 g/mol. The molecule has 19 heavy (non-hydrogen) atoms. The summed E-state index contributed by atoms with van der Waals surface area (Å²) in [4.78, 5) is 10.7. The summed E-state index contributed by atoms with van der Waals surface area (Å²) in [6.07, 6.45) is -1.64. The van der Waals surface area contributed by atoms with E-state index in [1.54, 1.807) is 19.2 Å². The zero-order valence-corrected chi connectivity index (χ0v) is 11.5. The molecule has 3 N–H and O–H groups in total. The molecular weight excluding hydrogens is 246 g/mol. The largest absolute Gasteiger partial charge is 0.497 e. The molecular formula is C14H21NO4. The van der Waals surface area contributed by atoms with Gasteiger partial charge in [0, 0.05) is 13.5 Å². The van der Waals surface area contributed by atoms with Crippen LogP contribution < -0.4 is 10.1 Å². The molecule has 0 fully saturated rings. The molecule has 5 heteroatoms. The first-order valence-corrected chi connectivity index (χ1v) is 6.20. The Labute approximate surface area is 113 Å². The zero-order valence-electron chi connectivity index (χ0n) is 11.5. The number of aryl methyl sites for hydroxylation is 1. The van der Waals surface area contributed by atoms with Gasteiger partial charge in [-0.3, -0.25) is 4.79 Å². The Morgan fingerprint density at radius 3 is 2.63 bits per heavy atom. The molecule has 0 aliphatic carbocycles. The first-order valence-electron chi connectivity index (χ1n) is 6.20. The van der Waals surface area contributed by atoms with Crippen LogP contribution in [-0.4, -0.2) is 35.9 Å². The number of hydrogen-bond acceptors (Lipinski definition) is 4. The summed E-state index contributed by atoms with van der Waals surface area (Å²) >= 11 is 0. The van der Waals surface area contributed by atoms with Crippen LogP contribution >= 0.6 is 0 Å². The Bertz CT molecular complexity index is 433. The summed E-state index contributed by atoms with van der Waals surface area (Å²) in [5.41, 5.74) is 1.55. The number of aliphatic hydroxyl groups is 2. The van der Waals surface area contributed by atoms with Crippen LogP contribution in [0.5, 0.6) is 5.75 Å². The first kappa shape index (κ1) is 15.5. The second-order valence-corrected chi connectivity index (χ2v) is 4.57. The third-order valence-corrected chi connectivity index (χ3v) is 2.83. The Kier molecular flexibility index (Phi) is 5.79. The van der Waals surface area contributed by atoms with Crippen LogP contribution in [0.1, 0.15) is 30.6 Å². The van der Waals surface area contributed by atoms with Crippen molar-refractivity contribution in [3.05, 3.63) is 29.3 Å². The van der Waals surface area contributed by atoms with Crippen LogP contribution in [0, 0.1) is 6.92 Å². The lowest BCUT2D eigenvalue weighted by Crippen LogP contribution is -2.27. The van der Waals surface area contributed by atoms with Crippen LogP contribution in [0.25, 0.3) is 0 Å². The zero-order chi connectivity index (χ0) is 14.4. The van der Waals surface area contributed by atoms with Crippen LogP contribution in [0.3, 0.4) is 0 Å². The predicted octanol–water partition coefficient (Wildman–Crippen LogP) is 0.924. The number of amides is 1. The van der Waals surface area contributed by atoms with Crippen molar-refractivity contribution in [3.8, 4) is 5.75 Å². The van der Waals surface area contributed by atoms with Gasteiger partial charge in [0.25, 0.3) is 0 Å². The highest BCUT2D eigenvalue weighted by molar-refractivity contribution is 5.72. The summed E-state index contributed by atoms with van der Waals surface area (Å²) < 4.78 is 5.13. The highest BCUT2D eigenvalue weighted by atomic mass is 16.5. The molecule has 1 aromatic carbocycles. The van der Waals surface area contributed by atoms with Crippen molar-refractivity contribution in [1.82, 2.24) is 5.32 Å². The maximum atomic E-state index is 10.7. The number of aliphatic hydroxyl groups excluding tert-OH is 2. The summed E-state index contributed by atoms with van der Waals surface area (Å²) in [7, 11) is 1.55. The van der Waals surface area contributed by atoms with E-state index < -0.39 is 12.2 Å². The molecule has 0 aliphatic rings. The van der Waals surface area contributed by atoms with E-state index >= 15 is 0 Å². The Hall–Kier alpha value is -1.59. The molecule has 0 spiro atoms. The summed E-state index contributed by atoms with van der Waals surface area (Å²) in [5.74, 6) is 0.488. The molecule has 5 nitrogen and oxygen atoms in total. The van der Waals surface area contributed by atoms with E-state index in [0.29, 0.717) is 17.9 Å². The average Bonchev–Trinajstić information content (AvgIpc) is 2.36. The number of rotatable bonds is 6. The van der Waals surface area contributed by atoms with Gasteiger partial charge in [0.05, 0.1) is 13.2 Å². The molecule has 1 rings (SSSR count). The van der Waals surface area contributed by atoms with Crippen LogP contribution in [-0.2, 0) is 4.79 Å². The van der Waals surface area contributed by atoms with E-state index in [4.69, 9.17) is 4.74 Å². The van der Waals surface area contributed by atoms with Crippen molar-refractivity contribution in [1.29, 1.82) is 0 Å². The van der Waals surface area contributed by atoms with Crippen molar-refractivity contribution >= 4 is 5.91 Å². The molecule has 1 aromatic rings. The van der Waals surface area contributed by atoms with Crippen LogP contribution in [0.2, 0.25) is 0 Å². The monoisotopic (exact) mass is 267 g/mol. The molecule has 0 heterocycles. The van der Waals surface area contributed by atoms with E-state index in [-0.39, 0.29) is 12.3 Å². The predicted molar refractivity (Wildman–Crippen MR) is 72.0 cm³/mol. The quantitative estimate of drug-likeness (QED) is 0.716.